The smallest absolute Gasteiger partial charge is 0.133 e. The van der Waals surface area contributed by atoms with Crippen LogP contribution in [0, 0.1) is 10.7 Å². The van der Waals surface area contributed by atoms with Gasteiger partial charge in [0.25, 0.3) is 0 Å². The molecule has 0 aliphatic carbocycles. The van der Waals surface area contributed by atoms with Crippen LogP contribution in [0.25, 0.3) is 0 Å². The lowest BCUT2D eigenvalue weighted by molar-refractivity contribution is 0.123. The fourth-order valence-corrected chi connectivity index (χ4v) is 2.03. The maximum atomic E-state index is 9.90. The Bertz CT molecular complexity index is 375. The van der Waals surface area contributed by atoms with Crippen molar-refractivity contribution >= 4 is 11.8 Å². The number of rotatable bonds is 1. The number of fused-ring (bicyclic) bond motifs is 1. The van der Waals surface area contributed by atoms with Gasteiger partial charge in [-0.3, -0.25) is 0 Å². The van der Waals surface area contributed by atoms with Gasteiger partial charge in [0.05, 0.1) is 11.4 Å². The van der Waals surface area contributed by atoms with Crippen LogP contribution in [0.1, 0.15) is 11.7 Å². The van der Waals surface area contributed by atoms with Gasteiger partial charge in [0.15, 0.2) is 0 Å². The highest BCUT2D eigenvalue weighted by molar-refractivity contribution is 8.04. The molecule has 1 aliphatic rings. The van der Waals surface area contributed by atoms with Gasteiger partial charge in [-0.1, -0.05) is 18.2 Å². The van der Waals surface area contributed by atoms with Crippen molar-refractivity contribution in [3.8, 4) is 11.2 Å². The van der Waals surface area contributed by atoms with Gasteiger partial charge in [0.1, 0.15) is 17.8 Å². The molecule has 1 heterocycles. The van der Waals surface area contributed by atoms with Gasteiger partial charge < -0.3 is 9.84 Å². The zero-order valence-electron chi connectivity index (χ0n) is 7.38. The number of nitriles is 1. The summed E-state index contributed by atoms with van der Waals surface area (Å²) in [4.78, 5) is 0. The summed E-state index contributed by atoms with van der Waals surface area (Å²) in [6.07, 6.45) is -0.607. The zero-order valence-corrected chi connectivity index (χ0v) is 8.20. The molecule has 0 fully saturated rings. The number of hydrogen-bond acceptors (Lipinski definition) is 4. The highest BCUT2D eigenvalue weighted by atomic mass is 32.2. The van der Waals surface area contributed by atoms with Gasteiger partial charge in [-0.05, 0) is 17.8 Å². The molecular formula is C10H9NO2S. The average Bonchev–Trinajstić information content (AvgIpc) is 2.23. The number of para-hydroxylation sites is 1. The Kier molecular flexibility index (Phi) is 2.62. The lowest BCUT2D eigenvalue weighted by atomic mass is 10.0. The summed E-state index contributed by atoms with van der Waals surface area (Å²) in [5, 5.41) is 20.2. The molecule has 1 aromatic rings. The van der Waals surface area contributed by atoms with Crippen molar-refractivity contribution in [2.75, 3.05) is 6.61 Å². The van der Waals surface area contributed by atoms with Crippen LogP contribution < -0.4 is 4.74 Å². The summed E-state index contributed by atoms with van der Waals surface area (Å²) in [5.74, 6) is 0.717. The van der Waals surface area contributed by atoms with Crippen molar-refractivity contribution in [3.63, 3.8) is 0 Å². The third-order valence-corrected chi connectivity index (χ3v) is 3.00. The highest BCUT2D eigenvalue weighted by Gasteiger charge is 2.29. The standard InChI is InChI=1S/C10H9NO2S/c11-6-14-9-5-13-8-4-2-1-3-7(8)10(9)12/h1-4,9-10,12H,5H2. The Labute approximate surface area is 86.3 Å². The van der Waals surface area contributed by atoms with E-state index in [9.17, 15) is 5.11 Å². The second-order valence-electron chi connectivity index (χ2n) is 3.04. The van der Waals surface area contributed by atoms with Crippen LogP contribution in [0.2, 0.25) is 0 Å². The lowest BCUT2D eigenvalue weighted by Crippen LogP contribution is -2.27. The van der Waals surface area contributed by atoms with Crippen LogP contribution >= 0.6 is 11.8 Å². The van der Waals surface area contributed by atoms with E-state index < -0.39 is 6.10 Å². The van der Waals surface area contributed by atoms with Crippen LogP contribution in [0.3, 0.4) is 0 Å². The van der Waals surface area contributed by atoms with E-state index in [0.717, 1.165) is 23.1 Å². The molecule has 14 heavy (non-hydrogen) atoms. The van der Waals surface area contributed by atoms with Crippen molar-refractivity contribution < 1.29 is 9.84 Å². The minimum absolute atomic E-state index is 0.185. The number of thioether (sulfide) groups is 1. The van der Waals surface area contributed by atoms with Crippen LogP contribution in [-0.2, 0) is 0 Å². The van der Waals surface area contributed by atoms with Gasteiger partial charge in [-0.25, -0.2) is 0 Å². The summed E-state index contributed by atoms with van der Waals surface area (Å²) in [6, 6.07) is 7.37. The molecule has 0 saturated carbocycles. The molecule has 1 aliphatic heterocycles. The third kappa shape index (κ3) is 1.57. The number of ether oxygens (including phenoxy) is 1. The van der Waals surface area contributed by atoms with Crippen molar-refractivity contribution in [1.82, 2.24) is 0 Å². The quantitative estimate of drug-likeness (QED) is 0.712. The van der Waals surface area contributed by atoms with Crippen molar-refractivity contribution in [2.45, 2.75) is 11.4 Å². The molecule has 0 aromatic heterocycles. The summed E-state index contributed by atoms with van der Waals surface area (Å²) >= 11 is 1.05. The maximum absolute atomic E-state index is 9.90. The predicted octanol–water partition coefficient (Wildman–Crippen LogP) is 1.70. The molecule has 0 spiro atoms. The van der Waals surface area contributed by atoms with Crippen LogP contribution in [-0.4, -0.2) is 17.0 Å². The van der Waals surface area contributed by atoms with E-state index in [2.05, 4.69) is 0 Å². The summed E-state index contributed by atoms with van der Waals surface area (Å²) in [6.45, 7) is 0.385. The zero-order chi connectivity index (χ0) is 9.97. The third-order valence-electron chi connectivity index (χ3n) is 2.20. The fraction of sp³-hybridized carbons (Fsp3) is 0.300. The Hall–Kier alpha value is -1.18. The molecular weight excluding hydrogens is 198 g/mol. The largest absolute Gasteiger partial charge is 0.492 e. The first-order valence-electron chi connectivity index (χ1n) is 4.27. The summed E-state index contributed by atoms with van der Waals surface area (Å²) in [7, 11) is 0. The molecule has 1 aromatic carbocycles. The summed E-state index contributed by atoms with van der Waals surface area (Å²) in [5.41, 5.74) is 0.770. The maximum Gasteiger partial charge on any atom is 0.133 e. The number of benzene rings is 1. The molecule has 2 unspecified atom stereocenters. The number of nitrogens with zero attached hydrogens (tertiary/aromatic N) is 1. The van der Waals surface area contributed by atoms with E-state index >= 15 is 0 Å². The summed E-state index contributed by atoms with van der Waals surface area (Å²) < 4.78 is 5.43. The van der Waals surface area contributed by atoms with Crippen LogP contribution in [0.4, 0.5) is 0 Å². The predicted molar refractivity (Wildman–Crippen MR) is 53.9 cm³/mol. The average molecular weight is 207 g/mol. The molecule has 0 radical (unpaired) electrons. The van der Waals surface area contributed by atoms with Gasteiger partial charge in [-0.15, -0.1) is 0 Å². The first kappa shape index (κ1) is 9.38. The Morgan fingerprint density at radius 3 is 3.07 bits per heavy atom. The monoisotopic (exact) mass is 207 g/mol. The minimum atomic E-state index is -0.607. The topological polar surface area (TPSA) is 53.2 Å². The molecule has 0 saturated heterocycles. The second-order valence-corrected chi connectivity index (χ2v) is 4.07. The Morgan fingerprint density at radius 2 is 2.29 bits per heavy atom. The molecule has 0 bridgehead atoms. The first-order valence-corrected chi connectivity index (χ1v) is 5.15. The first-order chi connectivity index (χ1) is 6.83. The van der Waals surface area contributed by atoms with E-state index in [1.54, 1.807) is 0 Å². The number of aliphatic hydroxyl groups is 1. The van der Waals surface area contributed by atoms with Crippen LogP contribution in [0.5, 0.6) is 5.75 Å². The SMILES string of the molecule is N#CSC1COc2ccccc2C1O. The van der Waals surface area contributed by atoms with Gasteiger partial charge in [0.2, 0.25) is 0 Å². The van der Waals surface area contributed by atoms with E-state index in [1.807, 2.05) is 29.7 Å². The second kappa shape index (κ2) is 3.91. The van der Waals surface area contributed by atoms with E-state index in [-0.39, 0.29) is 5.25 Å². The normalized spacial score (nSPS) is 24.6. The molecule has 0 amide bonds. The van der Waals surface area contributed by atoms with Crippen molar-refractivity contribution in [2.24, 2.45) is 0 Å². The van der Waals surface area contributed by atoms with E-state index in [1.165, 1.54) is 0 Å². The van der Waals surface area contributed by atoms with Gasteiger partial charge in [0, 0.05) is 5.56 Å². The van der Waals surface area contributed by atoms with Crippen molar-refractivity contribution in [3.05, 3.63) is 29.8 Å². The number of hydrogen-bond donors (Lipinski definition) is 1. The number of aliphatic hydroxyl groups excluding tert-OH is 1. The lowest BCUT2D eigenvalue weighted by Gasteiger charge is -2.27. The molecule has 2 rings (SSSR count). The minimum Gasteiger partial charge on any atom is -0.492 e. The Balaban J connectivity index is 2.28. The van der Waals surface area contributed by atoms with E-state index in [0.29, 0.717) is 6.61 Å². The highest BCUT2D eigenvalue weighted by Crippen LogP contribution is 2.36. The van der Waals surface area contributed by atoms with Crippen LogP contribution in [0.15, 0.2) is 24.3 Å². The Morgan fingerprint density at radius 1 is 1.50 bits per heavy atom. The number of thiocyanates is 1. The fourth-order valence-electron chi connectivity index (χ4n) is 1.49. The van der Waals surface area contributed by atoms with Crippen molar-refractivity contribution in [1.29, 1.82) is 5.26 Å². The van der Waals surface area contributed by atoms with E-state index in [4.69, 9.17) is 10.00 Å². The molecule has 3 nitrogen and oxygen atoms in total. The van der Waals surface area contributed by atoms with Gasteiger partial charge in [-0.2, -0.15) is 5.26 Å². The molecule has 4 heteroatoms. The van der Waals surface area contributed by atoms with Gasteiger partial charge >= 0.3 is 0 Å². The molecule has 1 N–H and O–H groups in total. The molecule has 2 atom stereocenters. The molecule has 72 valence electrons.